The number of hydrogen-bond acceptors (Lipinski definition) is 17. The zero-order valence-electron chi connectivity index (χ0n) is 30.0. The highest BCUT2D eigenvalue weighted by Gasteiger charge is 2.50. The van der Waals surface area contributed by atoms with Gasteiger partial charge in [0.2, 0.25) is 11.8 Å². The lowest BCUT2D eigenvalue weighted by Gasteiger charge is -2.30. The minimum atomic E-state index is -5.55. The fourth-order valence-corrected chi connectivity index (χ4v) is 8.80. The molecule has 1 aliphatic heterocycles. The van der Waals surface area contributed by atoms with E-state index in [2.05, 4.69) is 34.4 Å². The van der Waals surface area contributed by atoms with Crippen LogP contribution in [0.15, 0.2) is 43.0 Å². The molecule has 4 rings (SSSR count). The highest BCUT2D eigenvalue weighted by molar-refractivity contribution is 7.99. The number of phosphoric ester groups is 3. The maximum atomic E-state index is 12.7. The molecule has 0 bridgehead atoms. The predicted molar refractivity (Wildman–Crippen MR) is 197 cm³/mol. The number of imidazole rings is 1. The molecular weight excluding hydrogens is 827 g/mol. The van der Waals surface area contributed by atoms with Gasteiger partial charge in [0.05, 0.1) is 19.5 Å². The van der Waals surface area contributed by atoms with Crippen LogP contribution < -0.4 is 16.4 Å². The Morgan fingerprint density at radius 3 is 2.41 bits per heavy atom. The first kappa shape index (κ1) is 45.8. The first-order chi connectivity index (χ1) is 26.2. The van der Waals surface area contributed by atoms with Crippen LogP contribution in [-0.4, -0.2) is 123 Å². The second-order valence-electron chi connectivity index (χ2n) is 12.9. The number of amides is 2. The molecule has 56 heavy (non-hydrogen) atoms. The van der Waals surface area contributed by atoms with Gasteiger partial charge in [-0.3, -0.25) is 27.7 Å². The number of nitrogens with zero attached hydrogens (tertiary/aromatic N) is 4. The largest absolute Gasteiger partial charge is 0.481 e. The lowest BCUT2D eigenvalue weighted by molar-refractivity contribution is -0.137. The van der Waals surface area contributed by atoms with E-state index in [4.69, 9.17) is 19.5 Å². The van der Waals surface area contributed by atoms with E-state index in [1.54, 1.807) is 11.8 Å². The van der Waals surface area contributed by atoms with Crippen LogP contribution in [0.25, 0.3) is 11.2 Å². The number of nitrogen functional groups attached to an aromatic ring is 1. The zero-order valence-corrected chi connectivity index (χ0v) is 33.5. The standard InChI is InChI=1S/C29H44N7O16P3S/c1-29(2,24(39)27(40)32-10-8-20(37)31-11-13-56-12-9-18-6-4-3-5-7-18)15-49-55(46,47)52-54(44,45)48-14-19-23(51-53(41,42)43)22(38)28(50-19)36-17-35-21-25(30)33-16-34-26(21)36/h3-7,16-17,19,22-24,28,38-39H,8-15H2,1-2H3,(H,31,37)(H,32,40)(H,44,45)(H,46,47)(H2,30,33,34)(H2,41,42,43)/t19-,22-,23-,24+,28-/m1/s1. The molecule has 0 radical (unpaired) electrons. The van der Waals surface area contributed by atoms with Crippen molar-refractivity contribution in [3.63, 3.8) is 0 Å². The summed E-state index contributed by atoms with van der Waals surface area (Å²) in [6, 6.07) is 9.98. The SMILES string of the molecule is CC(C)(COP(=O)(O)OP(=O)(O)OC[C@H]1O[C@@H](n2cnc3c(N)ncnc32)[C@H](O)[C@@H]1OP(=O)(O)O)[C@@H](O)C(=O)NCCC(=O)NCCSCCc1ccccc1. The lowest BCUT2D eigenvalue weighted by atomic mass is 9.87. The van der Waals surface area contributed by atoms with Gasteiger partial charge in [0.25, 0.3) is 0 Å². The fourth-order valence-electron chi connectivity index (χ4n) is 5.14. The summed E-state index contributed by atoms with van der Waals surface area (Å²) in [7, 11) is -16.3. The number of carbonyl (C=O) groups excluding carboxylic acids is 2. The van der Waals surface area contributed by atoms with Crippen molar-refractivity contribution in [3.05, 3.63) is 48.5 Å². The number of benzene rings is 1. The van der Waals surface area contributed by atoms with E-state index in [0.29, 0.717) is 12.3 Å². The van der Waals surface area contributed by atoms with Gasteiger partial charge in [-0.15, -0.1) is 0 Å². The molecule has 2 aromatic heterocycles. The number of aliphatic hydroxyl groups is 2. The van der Waals surface area contributed by atoms with Crippen LogP contribution >= 0.6 is 35.2 Å². The highest BCUT2D eigenvalue weighted by atomic mass is 32.2. The number of phosphoric acid groups is 3. The van der Waals surface area contributed by atoms with E-state index in [-0.39, 0.29) is 35.9 Å². The number of ether oxygens (including phenoxy) is 1. The molecule has 23 nitrogen and oxygen atoms in total. The molecule has 10 N–H and O–H groups in total. The van der Waals surface area contributed by atoms with Gasteiger partial charge in [-0.2, -0.15) is 16.1 Å². The second-order valence-corrected chi connectivity index (χ2v) is 18.4. The third kappa shape index (κ3) is 13.6. The number of carbonyl (C=O) groups is 2. The Bertz CT molecular complexity index is 1940. The summed E-state index contributed by atoms with van der Waals surface area (Å²) >= 11 is 1.68. The molecular formula is C29H44N7O16P3S. The number of nitrogens with one attached hydrogen (secondary N) is 2. The van der Waals surface area contributed by atoms with Gasteiger partial charge in [-0.25, -0.2) is 28.6 Å². The molecule has 0 spiro atoms. The van der Waals surface area contributed by atoms with Gasteiger partial charge in [-0.05, 0) is 17.7 Å². The summed E-state index contributed by atoms with van der Waals surface area (Å²) < 4.78 is 62.2. The van der Waals surface area contributed by atoms with Crippen LogP contribution in [-0.2, 0) is 52.3 Å². The summed E-state index contributed by atoms with van der Waals surface area (Å²) in [6.07, 6.45) is -5.83. The molecule has 0 aliphatic carbocycles. The number of aryl methyl sites for hydroxylation is 1. The van der Waals surface area contributed by atoms with Crippen LogP contribution in [0.3, 0.4) is 0 Å². The molecule has 1 aromatic carbocycles. The fraction of sp³-hybridized carbons (Fsp3) is 0.552. The van der Waals surface area contributed by atoms with E-state index >= 15 is 0 Å². The van der Waals surface area contributed by atoms with Crippen molar-refractivity contribution in [2.45, 2.75) is 57.3 Å². The summed E-state index contributed by atoms with van der Waals surface area (Å²) in [5.74, 6) is 0.289. The third-order valence-corrected chi connectivity index (χ3v) is 12.1. The number of aliphatic hydroxyl groups excluding tert-OH is 2. The minimum Gasteiger partial charge on any atom is -0.386 e. The molecule has 3 heterocycles. The molecule has 1 saturated heterocycles. The van der Waals surface area contributed by atoms with Crippen molar-refractivity contribution in [1.82, 2.24) is 30.2 Å². The van der Waals surface area contributed by atoms with E-state index in [0.717, 1.165) is 29.4 Å². The topological polar surface area (TPSA) is 347 Å². The summed E-state index contributed by atoms with van der Waals surface area (Å²) in [6.45, 7) is 0.872. The van der Waals surface area contributed by atoms with Crippen molar-refractivity contribution >= 4 is 64.0 Å². The van der Waals surface area contributed by atoms with Gasteiger partial charge in [-0.1, -0.05) is 44.2 Å². The second kappa shape index (κ2) is 19.7. The Morgan fingerprint density at radius 1 is 1.02 bits per heavy atom. The van der Waals surface area contributed by atoms with Crippen LogP contribution in [0, 0.1) is 5.41 Å². The summed E-state index contributed by atoms with van der Waals surface area (Å²) in [4.78, 5) is 75.7. The monoisotopic (exact) mass is 871 g/mol. The van der Waals surface area contributed by atoms with Crippen molar-refractivity contribution in [1.29, 1.82) is 0 Å². The first-order valence-electron chi connectivity index (χ1n) is 16.7. The van der Waals surface area contributed by atoms with E-state index in [9.17, 15) is 53.1 Å². The number of thioether (sulfide) groups is 1. The molecule has 3 aromatic rings. The molecule has 312 valence electrons. The van der Waals surface area contributed by atoms with E-state index in [1.807, 2.05) is 30.3 Å². The normalized spacial score (nSPS) is 21.6. The van der Waals surface area contributed by atoms with Crippen molar-refractivity contribution in [3.8, 4) is 0 Å². The third-order valence-electron chi connectivity index (χ3n) is 8.02. The zero-order chi connectivity index (χ0) is 41.3. The average molecular weight is 872 g/mol. The van der Waals surface area contributed by atoms with E-state index in [1.165, 1.54) is 19.4 Å². The smallest absolute Gasteiger partial charge is 0.386 e. The Labute approximate surface area is 324 Å². The number of hydrogen-bond donors (Lipinski definition) is 9. The van der Waals surface area contributed by atoms with Crippen LogP contribution in [0.5, 0.6) is 0 Å². The molecule has 7 atom stereocenters. The number of fused-ring (bicyclic) bond motifs is 1. The average Bonchev–Trinajstić information content (AvgIpc) is 3.68. The number of nitrogens with two attached hydrogens (primary N) is 1. The lowest BCUT2D eigenvalue weighted by Crippen LogP contribution is -2.46. The van der Waals surface area contributed by atoms with Crippen molar-refractivity contribution in [2.24, 2.45) is 5.41 Å². The minimum absolute atomic E-state index is 0.0354. The van der Waals surface area contributed by atoms with Gasteiger partial charge in [0.15, 0.2) is 17.7 Å². The Balaban J connectivity index is 1.21. The van der Waals surface area contributed by atoms with Crippen LogP contribution in [0.1, 0.15) is 32.1 Å². The Hall–Kier alpha value is -2.89. The molecule has 1 aliphatic rings. The first-order valence-corrected chi connectivity index (χ1v) is 22.4. The summed E-state index contributed by atoms with van der Waals surface area (Å²) in [5, 5.41) is 26.6. The van der Waals surface area contributed by atoms with E-state index < -0.39 is 78.6 Å². The quantitative estimate of drug-likeness (QED) is 0.0487. The maximum Gasteiger partial charge on any atom is 0.481 e. The van der Waals surface area contributed by atoms with Gasteiger partial charge in [0.1, 0.15) is 36.3 Å². The molecule has 1 fully saturated rings. The Kier molecular flexibility index (Phi) is 16.1. The van der Waals surface area contributed by atoms with Crippen molar-refractivity contribution in [2.75, 3.05) is 43.5 Å². The van der Waals surface area contributed by atoms with Crippen LogP contribution in [0.4, 0.5) is 5.82 Å². The Morgan fingerprint density at radius 2 is 1.71 bits per heavy atom. The number of aromatic nitrogens is 4. The highest BCUT2D eigenvalue weighted by Crippen LogP contribution is 2.61. The number of anilines is 1. The van der Waals surface area contributed by atoms with Gasteiger partial charge < -0.3 is 50.9 Å². The predicted octanol–water partition coefficient (Wildman–Crippen LogP) is 0.381. The summed E-state index contributed by atoms with van der Waals surface area (Å²) in [5.41, 5.74) is 5.54. The van der Waals surface area contributed by atoms with Gasteiger partial charge >= 0.3 is 23.5 Å². The number of rotatable bonds is 22. The molecule has 0 saturated carbocycles. The molecule has 2 unspecified atom stereocenters. The molecule has 27 heteroatoms. The van der Waals surface area contributed by atoms with Crippen LogP contribution in [0.2, 0.25) is 0 Å². The molecule has 2 amide bonds. The van der Waals surface area contributed by atoms with Crippen molar-refractivity contribution < 1.29 is 75.7 Å². The van der Waals surface area contributed by atoms with Gasteiger partial charge in [0, 0.05) is 30.7 Å². The maximum absolute atomic E-state index is 12.7.